The van der Waals surface area contributed by atoms with Crippen LogP contribution in [-0.2, 0) is 14.8 Å². The number of halogens is 1. The second kappa shape index (κ2) is 6.89. The molecule has 0 heterocycles. The highest BCUT2D eigenvalue weighted by Gasteiger charge is 2.23. The van der Waals surface area contributed by atoms with Crippen molar-refractivity contribution in [3.63, 3.8) is 0 Å². The molecule has 2 aromatic carbocycles. The van der Waals surface area contributed by atoms with E-state index in [1.54, 1.807) is 12.1 Å². The first-order chi connectivity index (χ1) is 10.9. The summed E-state index contributed by atoms with van der Waals surface area (Å²) in [6.45, 7) is 0. The third kappa shape index (κ3) is 3.75. The number of carbonyl (C=O) groups is 1. The Morgan fingerprint density at radius 3 is 2.43 bits per heavy atom. The zero-order valence-electron chi connectivity index (χ0n) is 12.4. The van der Waals surface area contributed by atoms with Gasteiger partial charge in [0, 0.05) is 6.07 Å². The van der Waals surface area contributed by atoms with Crippen LogP contribution >= 0.6 is 11.6 Å². The first-order valence-corrected chi connectivity index (χ1v) is 8.29. The van der Waals surface area contributed by atoms with Gasteiger partial charge in [-0.2, -0.15) is 0 Å². The van der Waals surface area contributed by atoms with Crippen LogP contribution in [0.25, 0.3) is 0 Å². The van der Waals surface area contributed by atoms with Gasteiger partial charge in [-0.15, -0.1) is 0 Å². The molecule has 0 fully saturated rings. The Morgan fingerprint density at radius 1 is 1.13 bits per heavy atom. The summed E-state index contributed by atoms with van der Waals surface area (Å²) in [6, 6.07) is 10.3. The molecular weight excluding hydrogens is 342 g/mol. The van der Waals surface area contributed by atoms with Gasteiger partial charge in [0.15, 0.2) is 0 Å². The van der Waals surface area contributed by atoms with E-state index in [1.165, 1.54) is 44.6 Å². The summed E-state index contributed by atoms with van der Waals surface area (Å²) in [5.41, 5.74) is 0.110. The number of nitrogens with one attached hydrogen (secondary N) is 1. The van der Waals surface area contributed by atoms with Crippen molar-refractivity contribution < 1.29 is 22.7 Å². The molecule has 0 amide bonds. The summed E-state index contributed by atoms with van der Waals surface area (Å²) in [6.07, 6.45) is 0. The average Bonchev–Trinajstić information content (AvgIpc) is 2.55. The van der Waals surface area contributed by atoms with Crippen LogP contribution in [0.2, 0.25) is 5.02 Å². The van der Waals surface area contributed by atoms with E-state index in [2.05, 4.69) is 9.46 Å². The van der Waals surface area contributed by atoms with Crippen molar-refractivity contribution in [3.05, 3.63) is 53.1 Å². The lowest BCUT2D eigenvalue weighted by atomic mass is 10.2. The number of sulfonamides is 1. The minimum atomic E-state index is -4.02. The van der Waals surface area contributed by atoms with E-state index < -0.39 is 16.0 Å². The van der Waals surface area contributed by atoms with Crippen molar-refractivity contribution in [1.29, 1.82) is 0 Å². The Bertz CT molecular complexity index is 836. The van der Waals surface area contributed by atoms with Crippen molar-refractivity contribution in [3.8, 4) is 5.75 Å². The lowest BCUT2D eigenvalue weighted by Crippen LogP contribution is -2.17. The van der Waals surface area contributed by atoms with Gasteiger partial charge in [-0.3, -0.25) is 4.72 Å². The van der Waals surface area contributed by atoms with Gasteiger partial charge < -0.3 is 9.47 Å². The van der Waals surface area contributed by atoms with E-state index in [0.717, 1.165) is 0 Å². The lowest BCUT2D eigenvalue weighted by molar-refractivity contribution is 0.0596. The van der Waals surface area contributed by atoms with E-state index >= 15 is 0 Å². The molecule has 0 saturated carbocycles. The number of esters is 1. The minimum absolute atomic E-state index is 0.0628. The monoisotopic (exact) mass is 355 g/mol. The molecule has 0 atom stereocenters. The fourth-order valence-corrected chi connectivity index (χ4v) is 3.43. The van der Waals surface area contributed by atoms with Crippen LogP contribution < -0.4 is 9.46 Å². The topological polar surface area (TPSA) is 81.7 Å². The standard InChI is InChI=1S/C15H14ClNO5S/c1-21-10-7-8-13(12(16)9-10)17-23(19,20)14-6-4-3-5-11(14)15(18)22-2/h3-9,17H,1-2H3. The van der Waals surface area contributed by atoms with Crippen molar-refractivity contribution >= 4 is 33.3 Å². The van der Waals surface area contributed by atoms with Gasteiger partial charge in [0.05, 0.1) is 30.5 Å². The number of methoxy groups -OCH3 is 2. The summed E-state index contributed by atoms with van der Waals surface area (Å²) in [7, 11) is -1.36. The molecule has 0 saturated heterocycles. The summed E-state index contributed by atoms with van der Waals surface area (Å²) in [4.78, 5) is 11.5. The first kappa shape index (κ1) is 17.1. The number of hydrogen-bond acceptors (Lipinski definition) is 5. The summed E-state index contributed by atoms with van der Waals surface area (Å²) in [5, 5.41) is 0.170. The number of anilines is 1. The summed E-state index contributed by atoms with van der Waals surface area (Å²) in [5.74, 6) is -0.250. The normalized spacial score (nSPS) is 10.9. The van der Waals surface area contributed by atoms with Gasteiger partial charge in [-0.25, -0.2) is 13.2 Å². The largest absolute Gasteiger partial charge is 0.497 e. The molecule has 1 N–H and O–H groups in total. The Morgan fingerprint density at radius 2 is 1.83 bits per heavy atom. The third-order valence-corrected chi connectivity index (χ3v) is 4.74. The van der Waals surface area contributed by atoms with E-state index in [0.29, 0.717) is 5.75 Å². The molecular formula is C15H14ClNO5S. The van der Waals surface area contributed by atoms with Crippen LogP contribution in [0.15, 0.2) is 47.4 Å². The fraction of sp³-hybridized carbons (Fsp3) is 0.133. The number of benzene rings is 2. The average molecular weight is 356 g/mol. The van der Waals surface area contributed by atoms with E-state index in [1.807, 2.05) is 0 Å². The maximum absolute atomic E-state index is 12.5. The quantitative estimate of drug-likeness (QED) is 0.834. The molecule has 2 rings (SSSR count). The SMILES string of the molecule is COC(=O)c1ccccc1S(=O)(=O)Nc1ccc(OC)cc1Cl. The van der Waals surface area contributed by atoms with Crippen LogP contribution in [0.1, 0.15) is 10.4 Å². The number of rotatable bonds is 5. The van der Waals surface area contributed by atoms with E-state index in [9.17, 15) is 13.2 Å². The Hall–Kier alpha value is -2.25. The van der Waals surface area contributed by atoms with E-state index in [4.69, 9.17) is 16.3 Å². The highest BCUT2D eigenvalue weighted by Crippen LogP contribution is 2.29. The molecule has 0 bridgehead atoms. The lowest BCUT2D eigenvalue weighted by Gasteiger charge is -2.12. The number of carbonyl (C=O) groups excluding carboxylic acids is 1. The molecule has 0 aliphatic carbocycles. The van der Waals surface area contributed by atoms with Crippen LogP contribution in [-0.4, -0.2) is 28.6 Å². The molecule has 6 nitrogen and oxygen atoms in total. The summed E-state index contributed by atoms with van der Waals surface area (Å²) < 4.78 is 37.0. The second-order valence-electron chi connectivity index (χ2n) is 4.44. The van der Waals surface area contributed by atoms with Crippen LogP contribution in [0.4, 0.5) is 5.69 Å². The Kier molecular flexibility index (Phi) is 5.12. The Labute approximate surface area is 139 Å². The van der Waals surface area contributed by atoms with Gasteiger partial charge in [-0.05, 0) is 24.3 Å². The molecule has 2 aromatic rings. The fourth-order valence-electron chi connectivity index (χ4n) is 1.88. The smallest absolute Gasteiger partial charge is 0.339 e. The molecule has 8 heteroatoms. The summed E-state index contributed by atoms with van der Waals surface area (Å²) >= 11 is 6.03. The van der Waals surface area contributed by atoms with Gasteiger partial charge in [0.2, 0.25) is 0 Å². The molecule has 122 valence electrons. The zero-order chi connectivity index (χ0) is 17.0. The van der Waals surface area contributed by atoms with Crippen LogP contribution in [0.3, 0.4) is 0 Å². The zero-order valence-corrected chi connectivity index (χ0v) is 13.9. The predicted octanol–water partition coefficient (Wildman–Crippen LogP) is 2.94. The van der Waals surface area contributed by atoms with Gasteiger partial charge in [-0.1, -0.05) is 23.7 Å². The van der Waals surface area contributed by atoms with Crippen molar-refractivity contribution in [2.45, 2.75) is 4.90 Å². The number of hydrogen-bond donors (Lipinski definition) is 1. The van der Waals surface area contributed by atoms with E-state index in [-0.39, 0.29) is 21.2 Å². The highest BCUT2D eigenvalue weighted by atomic mass is 35.5. The first-order valence-electron chi connectivity index (χ1n) is 6.42. The molecule has 23 heavy (non-hydrogen) atoms. The third-order valence-electron chi connectivity index (χ3n) is 3.00. The van der Waals surface area contributed by atoms with Gasteiger partial charge in [0.1, 0.15) is 10.6 Å². The van der Waals surface area contributed by atoms with Crippen LogP contribution in [0.5, 0.6) is 5.75 Å². The molecule has 0 unspecified atom stereocenters. The van der Waals surface area contributed by atoms with Crippen molar-refractivity contribution in [2.24, 2.45) is 0 Å². The van der Waals surface area contributed by atoms with Crippen LogP contribution in [0, 0.1) is 0 Å². The molecule has 0 aromatic heterocycles. The molecule has 0 spiro atoms. The maximum Gasteiger partial charge on any atom is 0.339 e. The molecule has 0 aliphatic heterocycles. The maximum atomic E-state index is 12.5. The van der Waals surface area contributed by atoms with Crippen molar-refractivity contribution in [2.75, 3.05) is 18.9 Å². The molecule has 0 radical (unpaired) electrons. The number of ether oxygens (including phenoxy) is 2. The van der Waals surface area contributed by atoms with Crippen molar-refractivity contribution in [1.82, 2.24) is 0 Å². The van der Waals surface area contributed by atoms with Gasteiger partial charge >= 0.3 is 5.97 Å². The highest BCUT2D eigenvalue weighted by molar-refractivity contribution is 7.92. The Balaban J connectivity index is 2.42. The predicted molar refractivity (Wildman–Crippen MR) is 86.6 cm³/mol. The second-order valence-corrected chi connectivity index (χ2v) is 6.50. The minimum Gasteiger partial charge on any atom is -0.497 e. The van der Waals surface area contributed by atoms with Gasteiger partial charge in [0.25, 0.3) is 10.0 Å². The molecule has 0 aliphatic rings.